The second kappa shape index (κ2) is 7.08. The van der Waals surface area contributed by atoms with E-state index in [1.165, 1.54) is 19.3 Å². The van der Waals surface area contributed by atoms with Crippen molar-refractivity contribution in [1.82, 2.24) is 5.32 Å². The summed E-state index contributed by atoms with van der Waals surface area (Å²) in [5, 5.41) is 22.0. The Labute approximate surface area is 114 Å². The summed E-state index contributed by atoms with van der Waals surface area (Å²) in [6, 6.07) is 9.17. The molecule has 1 aliphatic carbocycles. The van der Waals surface area contributed by atoms with Crippen LogP contribution >= 0.6 is 0 Å². The molecule has 1 unspecified atom stereocenters. The van der Waals surface area contributed by atoms with E-state index in [4.69, 9.17) is 5.26 Å². The van der Waals surface area contributed by atoms with Gasteiger partial charge in [-0.15, -0.1) is 0 Å². The Morgan fingerprint density at radius 3 is 2.74 bits per heavy atom. The number of nitriles is 1. The number of aliphatic hydroxyl groups excluding tert-OH is 1. The molecule has 2 N–H and O–H groups in total. The van der Waals surface area contributed by atoms with E-state index in [1.54, 1.807) is 17.7 Å². The third kappa shape index (κ3) is 4.20. The smallest absolute Gasteiger partial charge is 0.0991 e. The highest BCUT2D eigenvalue weighted by Gasteiger charge is 2.08. The number of allylic oxidation sites excluding steroid dienone is 1. The zero-order valence-corrected chi connectivity index (χ0v) is 11.1. The maximum Gasteiger partial charge on any atom is 0.0991 e. The van der Waals surface area contributed by atoms with Gasteiger partial charge in [-0.2, -0.15) is 5.26 Å². The van der Waals surface area contributed by atoms with Crippen molar-refractivity contribution in [3.8, 4) is 6.07 Å². The highest BCUT2D eigenvalue weighted by Crippen LogP contribution is 2.20. The lowest BCUT2D eigenvalue weighted by Crippen LogP contribution is -2.22. The topological polar surface area (TPSA) is 56.0 Å². The second-order valence-electron chi connectivity index (χ2n) is 4.96. The zero-order valence-electron chi connectivity index (χ0n) is 11.1. The standard InChI is InChI=1S/C16H20N2O/c17-11-14-5-7-15(8-6-14)16(19)12-18-10-9-13-3-1-2-4-13/h3,5-8,16,18-19H,1-2,4,9-10,12H2. The lowest BCUT2D eigenvalue weighted by Gasteiger charge is -2.12. The van der Waals surface area contributed by atoms with Crippen molar-refractivity contribution >= 4 is 0 Å². The fourth-order valence-corrected chi connectivity index (χ4v) is 2.35. The number of hydrogen-bond acceptors (Lipinski definition) is 3. The molecule has 0 saturated carbocycles. The predicted molar refractivity (Wildman–Crippen MR) is 75.5 cm³/mol. The van der Waals surface area contributed by atoms with Crippen LogP contribution in [0.1, 0.15) is 42.9 Å². The van der Waals surface area contributed by atoms with E-state index in [1.807, 2.05) is 12.1 Å². The van der Waals surface area contributed by atoms with Crippen molar-refractivity contribution in [3.63, 3.8) is 0 Å². The molecule has 0 fully saturated rings. The Morgan fingerprint density at radius 2 is 2.11 bits per heavy atom. The molecule has 0 aromatic heterocycles. The molecule has 1 aliphatic rings. The highest BCUT2D eigenvalue weighted by atomic mass is 16.3. The molecule has 3 heteroatoms. The quantitative estimate of drug-likeness (QED) is 0.607. The van der Waals surface area contributed by atoms with Gasteiger partial charge in [0.2, 0.25) is 0 Å². The molecule has 2 rings (SSSR count). The van der Waals surface area contributed by atoms with Gasteiger partial charge in [-0.25, -0.2) is 0 Å². The van der Waals surface area contributed by atoms with Gasteiger partial charge >= 0.3 is 0 Å². The molecule has 100 valence electrons. The van der Waals surface area contributed by atoms with Gasteiger partial charge < -0.3 is 10.4 Å². The minimum Gasteiger partial charge on any atom is -0.387 e. The van der Waals surface area contributed by atoms with Crippen LogP contribution < -0.4 is 5.32 Å². The fraction of sp³-hybridized carbons (Fsp3) is 0.438. The van der Waals surface area contributed by atoms with Crippen molar-refractivity contribution in [1.29, 1.82) is 5.26 Å². The van der Waals surface area contributed by atoms with E-state index in [0.717, 1.165) is 18.5 Å². The first-order valence-corrected chi connectivity index (χ1v) is 6.86. The molecule has 0 bridgehead atoms. The summed E-state index contributed by atoms with van der Waals surface area (Å²) >= 11 is 0. The summed E-state index contributed by atoms with van der Waals surface area (Å²) in [6.45, 7) is 1.47. The van der Waals surface area contributed by atoms with Gasteiger partial charge in [0, 0.05) is 6.54 Å². The lowest BCUT2D eigenvalue weighted by atomic mass is 10.1. The van der Waals surface area contributed by atoms with Gasteiger partial charge in [0.15, 0.2) is 0 Å². The third-order valence-corrected chi connectivity index (χ3v) is 3.52. The van der Waals surface area contributed by atoms with Crippen LogP contribution in [0.5, 0.6) is 0 Å². The van der Waals surface area contributed by atoms with Crippen molar-refractivity contribution in [2.45, 2.75) is 31.8 Å². The second-order valence-corrected chi connectivity index (χ2v) is 4.96. The first-order valence-electron chi connectivity index (χ1n) is 6.86. The maximum absolute atomic E-state index is 10.0. The molecule has 0 amide bonds. The van der Waals surface area contributed by atoms with Gasteiger partial charge in [0.1, 0.15) is 0 Å². The molecule has 19 heavy (non-hydrogen) atoms. The van der Waals surface area contributed by atoms with E-state index in [2.05, 4.69) is 17.5 Å². The van der Waals surface area contributed by atoms with Crippen molar-refractivity contribution in [2.75, 3.05) is 13.1 Å². The Morgan fingerprint density at radius 1 is 1.32 bits per heavy atom. The van der Waals surface area contributed by atoms with Crippen LogP contribution in [0.15, 0.2) is 35.9 Å². The number of nitrogens with zero attached hydrogens (tertiary/aromatic N) is 1. The van der Waals surface area contributed by atoms with Crippen LogP contribution in [-0.2, 0) is 0 Å². The Hall–Kier alpha value is -1.63. The minimum atomic E-state index is -0.509. The van der Waals surface area contributed by atoms with E-state index in [0.29, 0.717) is 12.1 Å². The molecule has 3 nitrogen and oxygen atoms in total. The number of aliphatic hydroxyl groups is 1. The van der Waals surface area contributed by atoms with Gasteiger partial charge in [-0.05, 0) is 49.9 Å². The van der Waals surface area contributed by atoms with Crippen LogP contribution in [0, 0.1) is 11.3 Å². The number of rotatable bonds is 6. The highest BCUT2D eigenvalue weighted by molar-refractivity contribution is 5.32. The summed E-state index contributed by atoms with van der Waals surface area (Å²) in [4.78, 5) is 0. The molecule has 0 spiro atoms. The van der Waals surface area contributed by atoms with Crippen LogP contribution in [-0.4, -0.2) is 18.2 Å². The Bertz CT molecular complexity index is 471. The molecular weight excluding hydrogens is 236 g/mol. The average molecular weight is 256 g/mol. The largest absolute Gasteiger partial charge is 0.387 e. The van der Waals surface area contributed by atoms with Crippen molar-refractivity contribution in [3.05, 3.63) is 47.0 Å². The normalized spacial score (nSPS) is 15.9. The summed E-state index contributed by atoms with van der Waals surface area (Å²) < 4.78 is 0. The van der Waals surface area contributed by atoms with Gasteiger partial charge in [-0.1, -0.05) is 23.8 Å². The molecule has 1 aromatic carbocycles. The first-order chi connectivity index (χ1) is 9.29. The minimum absolute atomic E-state index is 0.509. The van der Waals surface area contributed by atoms with Crippen molar-refractivity contribution < 1.29 is 5.11 Å². The van der Waals surface area contributed by atoms with Gasteiger partial charge in [-0.3, -0.25) is 0 Å². The average Bonchev–Trinajstić information content (AvgIpc) is 2.96. The van der Waals surface area contributed by atoms with Gasteiger partial charge in [0.25, 0.3) is 0 Å². The van der Waals surface area contributed by atoms with E-state index >= 15 is 0 Å². The maximum atomic E-state index is 10.0. The summed E-state index contributed by atoms with van der Waals surface area (Å²) in [5.74, 6) is 0. The number of hydrogen-bond donors (Lipinski definition) is 2. The number of nitrogens with one attached hydrogen (secondary N) is 1. The first kappa shape index (κ1) is 13.8. The van der Waals surface area contributed by atoms with E-state index in [-0.39, 0.29) is 0 Å². The predicted octanol–water partition coefficient (Wildman–Crippen LogP) is 2.68. The SMILES string of the molecule is N#Cc1ccc(C(O)CNCCC2=CCCC2)cc1. The molecule has 0 aliphatic heterocycles. The molecule has 0 heterocycles. The summed E-state index contributed by atoms with van der Waals surface area (Å²) in [7, 11) is 0. The third-order valence-electron chi connectivity index (χ3n) is 3.52. The lowest BCUT2D eigenvalue weighted by molar-refractivity contribution is 0.175. The van der Waals surface area contributed by atoms with Crippen LogP contribution in [0.4, 0.5) is 0 Å². The summed E-state index contributed by atoms with van der Waals surface area (Å²) in [6.07, 6.45) is 6.66. The van der Waals surface area contributed by atoms with E-state index in [9.17, 15) is 5.11 Å². The van der Waals surface area contributed by atoms with Crippen molar-refractivity contribution in [2.24, 2.45) is 0 Å². The molecule has 1 atom stereocenters. The van der Waals surface area contributed by atoms with Crippen LogP contribution in [0.2, 0.25) is 0 Å². The Kier molecular flexibility index (Phi) is 5.14. The Balaban J connectivity index is 1.71. The molecule has 0 radical (unpaired) electrons. The monoisotopic (exact) mass is 256 g/mol. The summed E-state index contributed by atoms with van der Waals surface area (Å²) in [5.41, 5.74) is 3.02. The van der Waals surface area contributed by atoms with E-state index < -0.39 is 6.10 Å². The molecular formula is C16H20N2O. The molecule has 1 aromatic rings. The zero-order chi connectivity index (χ0) is 13.5. The fourth-order valence-electron chi connectivity index (χ4n) is 2.35. The van der Waals surface area contributed by atoms with Crippen LogP contribution in [0.25, 0.3) is 0 Å². The number of benzene rings is 1. The van der Waals surface area contributed by atoms with Crippen LogP contribution in [0.3, 0.4) is 0 Å². The molecule has 0 saturated heterocycles. The van der Waals surface area contributed by atoms with Gasteiger partial charge in [0.05, 0.1) is 17.7 Å².